The third-order valence-corrected chi connectivity index (χ3v) is 9.84. The molecule has 0 spiro atoms. The van der Waals surface area contributed by atoms with Gasteiger partial charge in [0.05, 0.1) is 0 Å². The van der Waals surface area contributed by atoms with Crippen LogP contribution in [0.25, 0.3) is 6.08 Å². The Morgan fingerprint density at radius 1 is 0.933 bits per heavy atom. The highest BCUT2D eigenvalue weighted by molar-refractivity contribution is 6.30. The number of hydrogen-bond donors (Lipinski definition) is 3. The van der Waals surface area contributed by atoms with Crippen LogP contribution in [0.3, 0.4) is 0 Å². The molecule has 2 saturated heterocycles. The first-order chi connectivity index (χ1) is 21.9. The number of nitrogens with zero attached hydrogens (tertiary/aromatic N) is 1. The molecule has 2 heterocycles. The quantitative estimate of drug-likeness (QED) is 0.292. The average molecular weight is 635 g/mol. The summed E-state index contributed by atoms with van der Waals surface area (Å²) in [5.74, 6) is 0.324. The van der Waals surface area contributed by atoms with E-state index in [1.165, 1.54) is 6.08 Å². The standard InChI is InChI=1S/C36H47ClN4O4/c37-31-11-8-27(9-12-31)10-13-33(42)40-36(18-4-5-19-36)35(44)39-32(24-28-6-2-1-3-7-28)34(43)38-25-29-14-20-41(21-15-29)26-30-16-22-45-23-17-30/h1-3,6-13,29-30,32H,4-5,14-26H2,(H,38,43)(H,39,44)(H,40,42)/b13-10+/t32-/m1/s1. The fourth-order valence-electron chi connectivity index (χ4n) is 6.80. The van der Waals surface area contributed by atoms with Crippen LogP contribution < -0.4 is 16.0 Å². The van der Waals surface area contributed by atoms with E-state index in [2.05, 4.69) is 20.9 Å². The first-order valence-electron chi connectivity index (χ1n) is 16.6. The van der Waals surface area contributed by atoms with Gasteiger partial charge in [0, 0.05) is 43.8 Å². The van der Waals surface area contributed by atoms with Gasteiger partial charge in [-0.25, -0.2) is 0 Å². The molecule has 0 radical (unpaired) electrons. The van der Waals surface area contributed by atoms with Gasteiger partial charge in [0.15, 0.2) is 0 Å². The largest absolute Gasteiger partial charge is 0.381 e. The van der Waals surface area contributed by atoms with Crippen molar-refractivity contribution in [3.8, 4) is 0 Å². The van der Waals surface area contributed by atoms with Crippen LogP contribution in [0.2, 0.25) is 5.02 Å². The first-order valence-corrected chi connectivity index (χ1v) is 16.9. The fourth-order valence-corrected chi connectivity index (χ4v) is 6.93. The number of carbonyl (C=O) groups excluding carboxylic acids is 3. The minimum absolute atomic E-state index is 0.182. The summed E-state index contributed by atoms with van der Waals surface area (Å²) in [7, 11) is 0. The van der Waals surface area contributed by atoms with Crippen molar-refractivity contribution < 1.29 is 19.1 Å². The number of likely N-dealkylation sites (tertiary alicyclic amines) is 1. The zero-order chi connectivity index (χ0) is 31.5. The lowest BCUT2D eigenvalue weighted by Crippen LogP contribution is -2.61. The Kier molecular flexibility index (Phi) is 12.1. The lowest BCUT2D eigenvalue weighted by molar-refractivity contribution is -0.135. The monoisotopic (exact) mass is 634 g/mol. The minimum Gasteiger partial charge on any atom is -0.381 e. The molecule has 242 valence electrons. The van der Waals surface area contributed by atoms with Crippen LogP contribution in [-0.2, 0) is 25.5 Å². The maximum atomic E-state index is 13.9. The van der Waals surface area contributed by atoms with Gasteiger partial charge >= 0.3 is 0 Å². The van der Waals surface area contributed by atoms with Crippen molar-refractivity contribution in [2.24, 2.45) is 11.8 Å². The third kappa shape index (κ3) is 9.89. The summed E-state index contributed by atoms with van der Waals surface area (Å²) in [5, 5.41) is 9.83. The number of hydrogen-bond acceptors (Lipinski definition) is 5. The Labute approximate surface area is 272 Å². The van der Waals surface area contributed by atoms with E-state index in [1.807, 2.05) is 42.5 Å². The van der Waals surface area contributed by atoms with E-state index in [9.17, 15) is 14.4 Å². The molecule has 0 bridgehead atoms. The molecule has 1 saturated carbocycles. The van der Waals surface area contributed by atoms with Gasteiger partial charge in [-0.3, -0.25) is 14.4 Å². The summed E-state index contributed by atoms with van der Waals surface area (Å²) in [6.07, 6.45) is 10.7. The van der Waals surface area contributed by atoms with Crippen LogP contribution in [0.1, 0.15) is 62.5 Å². The number of carbonyl (C=O) groups is 3. The lowest BCUT2D eigenvalue weighted by atomic mass is 9.93. The number of rotatable bonds is 12. The van der Waals surface area contributed by atoms with Gasteiger partial charge in [-0.1, -0.05) is 66.9 Å². The molecule has 2 aliphatic heterocycles. The van der Waals surface area contributed by atoms with Crippen molar-refractivity contribution in [1.82, 2.24) is 20.9 Å². The number of benzene rings is 2. The van der Waals surface area contributed by atoms with Crippen molar-refractivity contribution in [1.29, 1.82) is 0 Å². The third-order valence-electron chi connectivity index (χ3n) is 9.59. The Morgan fingerprint density at radius 3 is 2.31 bits per heavy atom. The molecule has 9 heteroatoms. The van der Waals surface area contributed by atoms with Crippen LogP contribution in [0, 0.1) is 11.8 Å². The second-order valence-electron chi connectivity index (χ2n) is 12.9. The van der Waals surface area contributed by atoms with E-state index >= 15 is 0 Å². The zero-order valence-electron chi connectivity index (χ0n) is 26.1. The van der Waals surface area contributed by atoms with Gasteiger partial charge in [-0.15, -0.1) is 0 Å². The van der Waals surface area contributed by atoms with E-state index in [0.717, 1.165) is 88.4 Å². The molecule has 8 nitrogen and oxygen atoms in total. The Bertz CT molecular complexity index is 1280. The Morgan fingerprint density at radius 2 is 1.62 bits per heavy atom. The zero-order valence-corrected chi connectivity index (χ0v) is 26.9. The van der Waals surface area contributed by atoms with Crippen molar-refractivity contribution in [3.63, 3.8) is 0 Å². The van der Waals surface area contributed by atoms with Gasteiger partial charge < -0.3 is 25.6 Å². The average Bonchev–Trinajstić information content (AvgIpc) is 3.54. The number of nitrogens with one attached hydrogen (secondary N) is 3. The molecule has 5 rings (SSSR count). The normalized spacial score (nSPS) is 20.1. The molecule has 3 fully saturated rings. The van der Waals surface area contributed by atoms with Crippen molar-refractivity contribution in [2.75, 3.05) is 39.4 Å². The number of halogens is 1. The number of piperidine rings is 1. The molecular weight excluding hydrogens is 588 g/mol. The molecule has 45 heavy (non-hydrogen) atoms. The topological polar surface area (TPSA) is 99.8 Å². The summed E-state index contributed by atoms with van der Waals surface area (Å²) in [4.78, 5) is 43.0. The van der Waals surface area contributed by atoms with Crippen molar-refractivity contribution >= 4 is 35.4 Å². The first kappa shape index (κ1) is 33.2. The highest BCUT2D eigenvalue weighted by Crippen LogP contribution is 2.30. The van der Waals surface area contributed by atoms with Gasteiger partial charge in [-0.05, 0) is 92.8 Å². The van der Waals surface area contributed by atoms with Gasteiger partial charge in [-0.2, -0.15) is 0 Å². The van der Waals surface area contributed by atoms with Crippen LogP contribution in [0.5, 0.6) is 0 Å². The van der Waals surface area contributed by atoms with E-state index < -0.39 is 11.6 Å². The highest BCUT2D eigenvalue weighted by atomic mass is 35.5. The number of amides is 3. The SMILES string of the molecule is O=C(/C=C/c1ccc(Cl)cc1)NC1(C(=O)N[C@H](Cc2ccccc2)C(=O)NCC2CCN(CC3CCOCC3)CC2)CCCC1. The second-order valence-corrected chi connectivity index (χ2v) is 13.4. The lowest BCUT2D eigenvalue weighted by Gasteiger charge is -2.35. The summed E-state index contributed by atoms with van der Waals surface area (Å²) in [6, 6.07) is 16.2. The smallest absolute Gasteiger partial charge is 0.246 e. The Hall–Kier alpha value is -3.20. The summed E-state index contributed by atoms with van der Waals surface area (Å²) >= 11 is 5.97. The molecule has 3 aliphatic rings. The van der Waals surface area contributed by atoms with Gasteiger partial charge in [0.25, 0.3) is 0 Å². The van der Waals surface area contributed by atoms with Crippen LogP contribution in [0.15, 0.2) is 60.7 Å². The maximum Gasteiger partial charge on any atom is 0.246 e. The predicted octanol–water partition coefficient (Wildman–Crippen LogP) is 4.76. The summed E-state index contributed by atoms with van der Waals surface area (Å²) < 4.78 is 5.51. The molecule has 2 aromatic carbocycles. The molecule has 1 aliphatic carbocycles. The van der Waals surface area contributed by atoms with Gasteiger partial charge in [0.2, 0.25) is 17.7 Å². The Balaban J connectivity index is 1.17. The van der Waals surface area contributed by atoms with Crippen molar-refractivity contribution in [2.45, 2.75) is 69.4 Å². The van der Waals surface area contributed by atoms with Crippen LogP contribution in [-0.4, -0.2) is 73.6 Å². The van der Waals surface area contributed by atoms with Crippen LogP contribution >= 0.6 is 11.6 Å². The molecule has 3 amide bonds. The highest BCUT2D eigenvalue weighted by Gasteiger charge is 2.43. The molecular formula is C36H47ClN4O4. The second kappa shape index (κ2) is 16.4. The van der Waals surface area contributed by atoms with Crippen LogP contribution in [0.4, 0.5) is 0 Å². The fraction of sp³-hybridized carbons (Fsp3) is 0.528. The minimum atomic E-state index is -1.05. The van der Waals surface area contributed by atoms with E-state index in [0.29, 0.717) is 36.7 Å². The van der Waals surface area contributed by atoms with E-state index in [4.69, 9.17) is 16.3 Å². The van der Waals surface area contributed by atoms with Crippen molar-refractivity contribution in [3.05, 3.63) is 76.8 Å². The summed E-state index contributed by atoms with van der Waals surface area (Å²) in [5.41, 5.74) is 0.757. The van der Waals surface area contributed by atoms with E-state index in [1.54, 1.807) is 18.2 Å². The molecule has 0 aromatic heterocycles. The molecule has 0 unspecified atom stereocenters. The number of ether oxygens (including phenoxy) is 1. The predicted molar refractivity (Wildman–Crippen MR) is 178 cm³/mol. The van der Waals surface area contributed by atoms with Gasteiger partial charge in [0.1, 0.15) is 11.6 Å². The van der Waals surface area contributed by atoms with E-state index in [-0.39, 0.29) is 17.7 Å². The molecule has 1 atom stereocenters. The molecule has 3 N–H and O–H groups in total. The molecule has 2 aromatic rings. The maximum absolute atomic E-state index is 13.9. The summed E-state index contributed by atoms with van der Waals surface area (Å²) in [6.45, 7) is 5.60.